The van der Waals surface area contributed by atoms with Crippen LogP contribution in [0.3, 0.4) is 0 Å². The van der Waals surface area contributed by atoms with Gasteiger partial charge in [0.25, 0.3) is 5.91 Å². The smallest absolute Gasteiger partial charge is 0.255 e. The number of rotatable bonds is 5. The molecule has 3 aromatic carbocycles. The van der Waals surface area contributed by atoms with E-state index in [9.17, 15) is 14.3 Å². The fourth-order valence-electron chi connectivity index (χ4n) is 5.87. The number of aromatic nitrogens is 2. The number of piperazine rings is 1. The highest BCUT2D eigenvalue weighted by atomic mass is 19.1. The molecule has 0 saturated carbocycles. The molecule has 3 N–H and O–H groups in total. The lowest BCUT2D eigenvalue weighted by Gasteiger charge is -2.29. The van der Waals surface area contributed by atoms with E-state index < -0.39 is 11.9 Å². The molecule has 1 amide bonds. The van der Waals surface area contributed by atoms with Crippen LogP contribution in [0.25, 0.3) is 22.2 Å². The van der Waals surface area contributed by atoms with Crippen molar-refractivity contribution < 1.29 is 14.3 Å². The van der Waals surface area contributed by atoms with Gasteiger partial charge < -0.3 is 25.2 Å². The third-order valence-electron chi connectivity index (χ3n) is 7.93. The van der Waals surface area contributed by atoms with E-state index in [-0.39, 0.29) is 11.7 Å². The topological polar surface area (TPSA) is 84.5 Å². The third kappa shape index (κ3) is 4.26. The molecule has 1 fully saturated rings. The number of phenols is 1. The van der Waals surface area contributed by atoms with Crippen molar-refractivity contribution >= 4 is 22.6 Å². The van der Waals surface area contributed by atoms with Gasteiger partial charge >= 0.3 is 0 Å². The van der Waals surface area contributed by atoms with Crippen LogP contribution in [0.2, 0.25) is 0 Å². The first kappa shape index (κ1) is 24.4. The predicted molar refractivity (Wildman–Crippen MR) is 153 cm³/mol. The van der Waals surface area contributed by atoms with E-state index in [0.29, 0.717) is 29.0 Å². The summed E-state index contributed by atoms with van der Waals surface area (Å²) in [6.45, 7) is 4.26. The number of nitrogens with one attached hydrogen (secondary N) is 2. The number of halogens is 1. The molecule has 200 valence electrons. The van der Waals surface area contributed by atoms with Crippen molar-refractivity contribution in [1.29, 1.82) is 0 Å². The molecule has 7 rings (SSSR count). The number of benzene rings is 3. The molecule has 5 aromatic rings. The second kappa shape index (κ2) is 9.81. The molecule has 8 heteroatoms. The van der Waals surface area contributed by atoms with Gasteiger partial charge in [0.15, 0.2) is 0 Å². The number of H-pyrrole nitrogens is 1. The monoisotopic (exact) mass is 533 g/mol. The second-order valence-corrected chi connectivity index (χ2v) is 10.4. The van der Waals surface area contributed by atoms with E-state index in [1.165, 1.54) is 23.9 Å². The minimum absolute atomic E-state index is 0.0768. The highest BCUT2D eigenvalue weighted by Crippen LogP contribution is 2.40. The summed E-state index contributed by atoms with van der Waals surface area (Å²) in [6, 6.07) is 23.2. The van der Waals surface area contributed by atoms with Crippen LogP contribution in [0.5, 0.6) is 5.75 Å². The van der Waals surface area contributed by atoms with Crippen LogP contribution in [0.1, 0.15) is 33.2 Å². The Bertz CT molecular complexity index is 1690. The lowest BCUT2D eigenvalue weighted by molar-refractivity contribution is 0.0726. The largest absolute Gasteiger partial charge is 0.508 e. The minimum Gasteiger partial charge on any atom is -0.508 e. The summed E-state index contributed by atoms with van der Waals surface area (Å²) >= 11 is 0. The zero-order valence-electron chi connectivity index (χ0n) is 21.8. The van der Waals surface area contributed by atoms with Gasteiger partial charge in [0.05, 0.1) is 0 Å². The van der Waals surface area contributed by atoms with Gasteiger partial charge in [0.2, 0.25) is 0 Å². The summed E-state index contributed by atoms with van der Waals surface area (Å²) < 4.78 is 14.4. The number of aromatic amines is 1. The van der Waals surface area contributed by atoms with Crippen LogP contribution in [0, 0.1) is 5.82 Å². The Hall–Kier alpha value is -4.69. The summed E-state index contributed by atoms with van der Waals surface area (Å²) in [5.41, 5.74) is 6.32. The van der Waals surface area contributed by atoms with Crippen LogP contribution in [-0.4, -0.2) is 52.1 Å². The molecule has 0 bridgehead atoms. The standard InChI is InChI=1S/C32H28FN5O2/c33-24-7-10-29(39)27(18-24)30(28-17-22-2-1-11-35-31(22)36-28)38-19-23-4-3-21(16-26(23)32(38)40)20-5-8-25(9-6-20)37-14-12-34-13-15-37/h1-11,16-18,30,34,39H,12-15,19H2,(H,35,36)/t30-/m1/s1. The number of carbonyl (C=O) groups excluding carboxylic acids is 1. The minimum atomic E-state index is -0.730. The molecule has 7 nitrogen and oxygen atoms in total. The second-order valence-electron chi connectivity index (χ2n) is 10.4. The SMILES string of the molecule is O=C1c2cc(-c3ccc(N4CCNCC4)cc3)ccc2CN1[C@@H](c1cc2cccnc2[nH]1)c1cc(F)ccc1O. The van der Waals surface area contributed by atoms with E-state index in [4.69, 9.17) is 0 Å². The molecule has 1 saturated heterocycles. The Labute approximate surface area is 230 Å². The number of phenolic OH excluding ortho intramolecular Hbond substituents is 1. The maximum absolute atomic E-state index is 14.4. The molecule has 4 heterocycles. The predicted octanol–water partition coefficient (Wildman–Crippen LogP) is 5.23. The summed E-state index contributed by atoms with van der Waals surface area (Å²) in [4.78, 5) is 25.7. The van der Waals surface area contributed by atoms with Gasteiger partial charge in [-0.3, -0.25) is 4.79 Å². The zero-order valence-corrected chi connectivity index (χ0v) is 21.8. The Kier molecular flexibility index (Phi) is 5.97. The van der Waals surface area contributed by atoms with Crippen LogP contribution >= 0.6 is 0 Å². The first-order valence-corrected chi connectivity index (χ1v) is 13.5. The Morgan fingerprint density at radius 3 is 2.52 bits per heavy atom. The first-order valence-electron chi connectivity index (χ1n) is 13.5. The van der Waals surface area contributed by atoms with E-state index in [1.807, 2.05) is 36.4 Å². The number of nitrogens with zero attached hydrogens (tertiary/aromatic N) is 3. The van der Waals surface area contributed by atoms with Crippen molar-refractivity contribution in [2.75, 3.05) is 31.1 Å². The molecule has 2 aromatic heterocycles. The number of fused-ring (bicyclic) bond motifs is 2. The number of amides is 1. The maximum Gasteiger partial charge on any atom is 0.255 e. The van der Waals surface area contributed by atoms with Gasteiger partial charge in [-0.25, -0.2) is 9.37 Å². The van der Waals surface area contributed by atoms with Crippen molar-refractivity contribution in [3.63, 3.8) is 0 Å². The summed E-state index contributed by atoms with van der Waals surface area (Å²) in [5, 5.41) is 15.0. The van der Waals surface area contributed by atoms with E-state index in [2.05, 4.69) is 44.5 Å². The summed E-state index contributed by atoms with van der Waals surface area (Å²) in [5.74, 6) is -0.732. The summed E-state index contributed by atoms with van der Waals surface area (Å²) in [7, 11) is 0. The Morgan fingerprint density at radius 1 is 0.925 bits per heavy atom. The molecule has 0 aliphatic carbocycles. The molecular weight excluding hydrogens is 505 g/mol. The molecule has 0 radical (unpaired) electrons. The molecule has 0 spiro atoms. The third-order valence-corrected chi connectivity index (χ3v) is 7.93. The molecular formula is C32H28FN5O2. The average Bonchev–Trinajstić information content (AvgIpc) is 3.56. The van der Waals surface area contributed by atoms with Gasteiger partial charge in [0.1, 0.15) is 23.3 Å². The van der Waals surface area contributed by atoms with E-state index in [1.54, 1.807) is 11.1 Å². The van der Waals surface area contributed by atoms with Gasteiger partial charge in [-0.2, -0.15) is 0 Å². The van der Waals surface area contributed by atoms with Crippen LogP contribution in [0.15, 0.2) is 85.1 Å². The fraction of sp³-hybridized carbons (Fsp3) is 0.188. The lowest BCUT2D eigenvalue weighted by Crippen LogP contribution is -2.43. The normalized spacial score (nSPS) is 16.0. The van der Waals surface area contributed by atoms with Crippen molar-refractivity contribution in [2.24, 2.45) is 0 Å². The average molecular weight is 534 g/mol. The van der Waals surface area contributed by atoms with Crippen LogP contribution in [0.4, 0.5) is 10.1 Å². The number of hydrogen-bond acceptors (Lipinski definition) is 5. The van der Waals surface area contributed by atoms with Crippen molar-refractivity contribution in [1.82, 2.24) is 20.2 Å². The molecule has 2 aliphatic heterocycles. The van der Waals surface area contributed by atoms with Crippen molar-refractivity contribution in [2.45, 2.75) is 12.6 Å². The highest BCUT2D eigenvalue weighted by molar-refractivity contribution is 6.00. The number of anilines is 1. The van der Waals surface area contributed by atoms with Gasteiger partial charge in [-0.05, 0) is 71.3 Å². The summed E-state index contributed by atoms with van der Waals surface area (Å²) in [6.07, 6.45) is 1.69. The van der Waals surface area contributed by atoms with Crippen molar-refractivity contribution in [3.8, 4) is 16.9 Å². The van der Waals surface area contributed by atoms with E-state index in [0.717, 1.165) is 48.3 Å². The fourth-order valence-corrected chi connectivity index (χ4v) is 5.87. The molecule has 0 unspecified atom stereocenters. The Morgan fingerprint density at radius 2 is 1.73 bits per heavy atom. The number of hydrogen-bond donors (Lipinski definition) is 3. The zero-order chi connectivity index (χ0) is 27.2. The number of carbonyl (C=O) groups is 1. The lowest BCUT2D eigenvalue weighted by atomic mass is 10.00. The van der Waals surface area contributed by atoms with Gasteiger partial charge in [-0.15, -0.1) is 0 Å². The number of aromatic hydroxyl groups is 1. The molecule has 2 aliphatic rings. The molecule has 40 heavy (non-hydrogen) atoms. The van der Waals surface area contributed by atoms with Crippen LogP contribution in [-0.2, 0) is 6.54 Å². The quantitative estimate of drug-likeness (QED) is 0.288. The van der Waals surface area contributed by atoms with Crippen molar-refractivity contribution in [3.05, 3.63) is 113 Å². The van der Waals surface area contributed by atoms with Gasteiger partial charge in [-0.1, -0.05) is 24.3 Å². The Balaban J connectivity index is 1.24. The van der Waals surface area contributed by atoms with Crippen LogP contribution < -0.4 is 10.2 Å². The number of pyridine rings is 1. The van der Waals surface area contributed by atoms with E-state index >= 15 is 0 Å². The molecule has 1 atom stereocenters. The maximum atomic E-state index is 14.4. The first-order chi connectivity index (χ1) is 19.5. The van der Waals surface area contributed by atoms with Gasteiger partial charge in [0, 0.05) is 66.8 Å². The highest BCUT2D eigenvalue weighted by Gasteiger charge is 2.37.